The van der Waals surface area contributed by atoms with Gasteiger partial charge in [0.15, 0.2) is 0 Å². The third kappa shape index (κ3) is 5.48. The van der Waals surface area contributed by atoms with Crippen LogP contribution in [0, 0.1) is 0 Å². The molecular weight excluding hydrogens is 489 g/mol. The summed E-state index contributed by atoms with van der Waals surface area (Å²) in [6.07, 6.45) is 0. The Bertz CT molecular complexity index is 1130. The molecule has 2 N–H and O–H groups in total. The minimum absolute atomic E-state index is 0.278. The summed E-state index contributed by atoms with van der Waals surface area (Å²) in [4.78, 5) is 24.6. The van der Waals surface area contributed by atoms with Crippen LogP contribution in [0.3, 0.4) is 0 Å². The Morgan fingerprint density at radius 3 is 2.27 bits per heavy atom. The number of halogens is 3. The van der Waals surface area contributed by atoms with E-state index in [1.54, 1.807) is 61.5 Å². The van der Waals surface area contributed by atoms with Gasteiger partial charge in [0.2, 0.25) is 0 Å². The molecule has 152 valence electrons. The lowest BCUT2D eigenvalue weighted by atomic mass is 10.1. The first-order valence-electron chi connectivity index (χ1n) is 8.81. The normalized spacial score (nSPS) is 11.1. The SMILES string of the molecule is CC(=NNC(=O)c1ccccc1Br)c1ccc(NC(=O)c2ccc(Cl)cc2Cl)cc1. The molecule has 3 aromatic carbocycles. The molecule has 0 aliphatic carbocycles. The molecule has 30 heavy (non-hydrogen) atoms. The van der Waals surface area contributed by atoms with E-state index in [4.69, 9.17) is 23.2 Å². The highest BCUT2D eigenvalue weighted by Crippen LogP contribution is 2.22. The molecule has 3 rings (SSSR count). The van der Waals surface area contributed by atoms with Crippen molar-refractivity contribution in [1.82, 2.24) is 5.43 Å². The van der Waals surface area contributed by atoms with Crippen LogP contribution >= 0.6 is 39.1 Å². The van der Waals surface area contributed by atoms with Crippen molar-refractivity contribution in [2.24, 2.45) is 5.10 Å². The number of carbonyl (C=O) groups excluding carboxylic acids is 2. The summed E-state index contributed by atoms with van der Waals surface area (Å²) in [5.41, 5.74) is 5.38. The highest BCUT2D eigenvalue weighted by molar-refractivity contribution is 9.10. The average Bonchev–Trinajstić information content (AvgIpc) is 2.72. The average molecular weight is 505 g/mol. The summed E-state index contributed by atoms with van der Waals surface area (Å²) >= 11 is 15.3. The van der Waals surface area contributed by atoms with E-state index >= 15 is 0 Å². The molecule has 0 unspecified atom stereocenters. The van der Waals surface area contributed by atoms with Crippen LogP contribution < -0.4 is 10.7 Å². The maximum absolute atomic E-state index is 12.4. The van der Waals surface area contributed by atoms with Crippen LogP contribution in [-0.2, 0) is 0 Å². The highest BCUT2D eigenvalue weighted by atomic mass is 79.9. The number of nitrogens with zero attached hydrogens (tertiary/aromatic N) is 1. The quantitative estimate of drug-likeness (QED) is 0.322. The van der Waals surface area contributed by atoms with Crippen LogP contribution in [0.1, 0.15) is 33.2 Å². The largest absolute Gasteiger partial charge is 0.322 e. The van der Waals surface area contributed by atoms with Crippen molar-refractivity contribution in [2.45, 2.75) is 6.92 Å². The number of nitrogens with one attached hydrogen (secondary N) is 2. The molecule has 3 aromatic rings. The molecule has 0 radical (unpaired) electrons. The zero-order valence-electron chi connectivity index (χ0n) is 15.7. The van der Waals surface area contributed by atoms with Gasteiger partial charge >= 0.3 is 0 Å². The lowest BCUT2D eigenvalue weighted by Gasteiger charge is -2.08. The Kier molecular flexibility index (Phi) is 7.26. The maximum atomic E-state index is 12.4. The fourth-order valence-corrected chi connectivity index (χ4v) is 3.53. The van der Waals surface area contributed by atoms with E-state index in [0.29, 0.717) is 32.0 Å². The second-order valence-electron chi connectivity index (χ2n) is 6.27. The minimum atomic E-state index is -0.337. The van der Waals surface area contributed by atoms with Gasteiger partial charge in [0.1, 0.15) is 0 Å². The molecule has 0 saturated carbocycles. The topological polar surface area (TPSA) is 70.6 Å². The number of hydrazone groups is 1. The number of hydrogen-bond donors (Lipinski definition) is 2. The van der Waals surface area contributed by atoms with Crippen molar-refractivity contribution < 1.29 is 9.59 Å². The van der Waals surface area contributed by atoms with Gasteiger partial charge in [-0.25, -0.2) is 5.43 Å². The van der Waals surface area contributed by atoms with E-state index in [2.05, 4.69) is 31.8 Å². The standard InChI is InChI=1S/C22H16BrCl2N3O2/c1-13(27-28-22(30)17-4-2-3-5-19(17)23)14-6-9-16(10-7-14)26-21(29)18-11-8-15(24)12-20(18)25/h2-12H,1H3,(H,26,29)(H,28,30). The summed E-state index contributed by atoms with van der Waals surface area (Å²) in [7, 11) is 0. The number of rotatable bonds is 5. The highest BCUT2D eigenvalue weighted by Gasteiger charge is 2.12. The van der Waals surface area contributed by atoms with E-state index in [1.807, 2.05) is 6.07 Å². The molecule has 2 amide bonds. The van der Waals surface area contributed by atoms with Crippen molar-refractivity contribution in [2.75, 3.05) is 5.32 Å². The predicted octanol–water partition coefficient (Wildman–Crippen LogP) is 6.16. The first-order valence-corrected chi connectivity index (χ1v) is 10.4. The molecule has 0 saturated heterocycles. The molecule has 0 atom stereocenters. The van der Waals surface area contributed by atoms with E-state index in [9.17, 15) is 9.59 Å². The van der Waals surface area contributed by atoms with Gasteiger partial charge in [-0.05, 0) is 70.9 Å². The van der Waals surface area contributed by atoms with Gasteiger partial charge in [0.25, 0.3) is 11.8 Å². The summed E-state index contributed by atoms with van der Waals surface area (Å²) in [6, 6.07) is 18.9. The van der Waals surface area contributed by atoms with E-state index in [0.717, 1.165) is 5.56 Å². The molecule has 5 nitrogen and oxygen atoms in total. The predicted molar refractivity (Wildman–Crippen MR) is 125 cm³/mol. The number of amides is 2. The third-order valence-electron chi connectivity index (χ3n) is 4.18. The van der Waals surface area contributed by atoms with Crippen LogP contribution in [0.5, 0.6) is 0 Å². The molecule has 0 aliphatic rings. The van der Waals surface area contributed by atoms with Gasteiger partial charge in [-0.2, -0.15) is 5.10 Å². The number of anilines is 1. The van der Waals surface area contributed by atoms with Gasteiger partial charge in [0, 0.05) is 15.2 Å². The second kappa shape index (κ2) is 9.89. The van der Waals surface area contributed by atoms with Crippen molar-refractivity contribution in [3.05, 3.63) is 97.9 Å². The summed E-state index contributed by atoms with van der Waals surface area (Å²) in [5, 5.41) is 7.67. The lowest BCUT2D eigenvalue weighted by Crippen LogP contribution is -2.19. The molecule has 0 heterocycles. The Morgan fingerprint density at radius 2 is 1.60 bits per heavy atom. The fourth-order valence-electron chi connectivity index (χ4n) is 2.57. The number of carbonyl (C=O) groups is 2. The van der Waals surface area contributed by atoms with Crippen LogP contribution in [0.4, 0.5) is 5.69 Å². The maximum Gasteiger partial charge on any atom is 0.272 e. The van der Waals surface area contributed by atoms with E-state index in [1.165, 1.54) is 6.07 Å². The van der Waals surface area contributed by atoms with E-state index in [-0.39, 0.29) is 16.8 Å². The fraction of sp³-hybridized carbons (Fsp3) is 0.0455. The van der Waals surface area contributed by atoms with E-state index < -0.39 is 0 Å². The molecule has 0 bridgehead atoms. The lowest BCUT2D eigenvalue weighted by molar-refractivity contribution is 0.0953. The van der Waals surface area contributed by atoms with Crippen LogP contribution in [0.25, 0.3) is 0 Å². The van der Waals surface area contributed by atoms with Crippen molar-refractivity contribution in [3.8, 4) is 0 Å². The first-order chi connectivity index (χ1) is 14.3. The van der Waals surface area contributed by atoms with Crippen LogP contribution in [0.15, 0.2) is 76.3 Å². The molecule has 0 aromatic heterocycles. The smallest absolute Gasteiger partial charge is 0.272 e. The number of hydrogen-bond acceptors (Lipinski definition) is 3. The Hall–Kier alpha value is -2.67. The minimum Gasteiger partial charge on any atom is -0.322 e. The van der Waals surface area contributed by atoms with Gasteiger partial charge < -0.3 is 5.32 Å². The summed E-state index contributed by atoms with van der Waals surface area (Å²) < 4.78 is 0.691. The summed E-state index contributed by atoms with van der Waals surface area (Å²) in [6.45, 7) is 1.78. The zero-order valence-corrected chi connectivity index (χ0v) is 18.8. The molecule has 0 fully saturated rings. The third-order valence-corrected chi connectivity index (χ3v) is 5.42. The van der Waals surface area contributed by atoms with Gasteiger partial charge in [-0.15, -0.1) is 0 Å². The molecule has 8 heteroatoms. The second-order valence-corrected chi connectivity index (χ2v) is 7.97. The number of benzene rings is 3. The van der Waals surface area contributed by atoms with Gasteiger partial charge in [-0.3, -0.25) is 9.59 Å². The van der Waals surface area contributed by atoms with Crippen LogP contribution in [-0.4, -0.2) is 17.5 Å². The van der Waals surface area contributed by atoms with Crippen LogP contribution in [0.2, 0.25) is 10.0 Å². The molecule has 0 spiro atoms. The Morgan fingerprint density at radius 1 is 0.900 bits per heavy atom. The van der Waals surface area contributed by atoms with Crippen molar-refractivity contribution in [3.63, 3.8) is 0 Å². The molecule has 0 aliphatic heterocycles. The van der Waals surface area contributed by atoms with Crippen molar-refractivity contribution >= 4 is 62.3 Å². The summed E-state index contributed by atoms with van der Waals surface area (Å²) in [5.74, 6) is -0.652. The molecular formula is C22H16BrCl2N3O2. The van der Waals surface area contributed by atoms with Gasteiger partial charge in [0.05, 0.1) is 21.9 Å². The van der Waals surface area contributed by atoms with Gasteiger partial charge in [-0.1, -0.05) is 47.5 Å². The zero-order chi connectivity index (χ0) is 21.7. The Labute approximate surface area is 192 Å². The van der Waals surface area contributed by atoms with Crippen molar-refractivity contribution in [1.29, 1.82) is 0 Å². The monoisotopic (exact) mass is 503 g/mol. The first kappa shape index (κ1) is 22.0. The Balaban J connectivity index is 1.66.